The Balaban J connectivity index is 2.64. The van der Waals surface area contributed by atoms with E-state index in [9.17, 15) is 0 Å². The molecule has 2 heteroatoms. The summed E-state index contributed by atoms with van der Waals surface area (Å²) < 4.78 is 0. The third-order valence-corrected chi connectivity index (χ3v) is 3.29. The second kappa shape index (κ2) is 3.10. The first kappa shape index (κ1) is 8.98. The van der Waals surface area contributed by atoms with Crippen LogP contribution in [0.4, 0.5) is 0 Å². The van der Waals surface area contributed by atoms with Crippen LogP contribution in [0.25, 0.3) is 0 Å². The van der Waals surface area contributed by atoms with E-state index >= 15 is 0 Å². The lowest BCUT2D eigenvalue weighted by molar-refractivity contribution is 0.0504. The molecule has 0 saturated carbocycles. The summed E-state index contributed by atoms with van der Waals surface area (Å²) in [5.41, 5.74) is 0.436. The van der Waals surface area contributed by atoms with Crippen molar-refractivity contribution < 1.29 is 0 Å². The molecule has 11 heavy (non-hydrogen) atoms. The van der Waals surface area contributed by atoms with Crippen molar-refractivity contribution in [3.8, 4) is 0 Å². The third-order valence-electron chi connectivity index (χ3n) is 3.07. The fourth-order valence-corrected chi connectivity index (χ4v) is 2.30. The molecule has 1 heterocycles. The highest BCUT2D eigenvalue weighted by atomic mass is 32.1. The molecule has 1 fully saturated rings. The molecule has 1 saturated heterocycles. The summed E-state index contributed by atoms with van der Waals surface area (Å²) in [7, 11) is 0. The summed E-state index contributed by atoms with van der Waals surface area (Å²) >= 11 is 5.18. The quantitative estimate of drug-likeness (QED) is 0.588. The molecule has 0 aromatic heterocycles. The molecular formula is C9H17NS. The van der Waals surface area contributed by atoms with Crippen molar-refractivity contribution in [3.63, 3.8) is 0 Å². The Morgan fingerprint density at radius 1 is 1.45 bits per heavy atom. The van der Waals surface area contributed by atoms with Crippen LogP contribution in [-0.4, -0.2) is 22.0 Å². The molecule has 0 radical (unpaired) electrons. The molecular weight excluding hydrogens is 154 g/mol. The van der Waals surface area contributed by atoms with Gasteiger partial charge in [0.15, 0.2) is 0 Å². The fourth-order valence-electron chi connectivity index (χ4n) is 2.02. The molecule has 1 aliphatic heterocycles. The van der Waals surface area contributed by atoms with E-state index in [2.05, 4.69) is 18.7 Å². The van der Waals surface area contributed by atoms with E-state index in [0.717, 1.165) is 4.99 Å². The molecule has 0 unspecified atom stereocenters. The molecule has 0 aromatic carbocycles. The van der Waals surface area contributed by atoms with E-state index in [1.807, 2.05) is 6.92 Å². The number of likely N-dealkylation sites (tertiary alicyclic amines) is 1. The zero-order valence-corrected chi connectivity index (χ0v) is 8.50. The van der Waals surface area contributed by atoms with Crippen LogP contribution in [0.3, 0.4) is 0 Å². The van der Waals surface area contributed by atoms with Gasteiger partial charge in [0.1, 0.15) is 0 Å². The topological polar surface area (TPSA) is 3.24 Å². The van der Waals surface area contributed by atoms with Crippen LogP contribution in [0.1, 0.15) is 40.0 Å². The molecule has 0 spiro atoms. The van der Waals surface area contributed by atoms with Crippen LogP contribution in [0.2, 0.25) is 0 Å². The zero-order valence-electron chi connectivity index (χ0n) is 7.68. The fraction of sp³-hybridized carbons (Fsp3) is 0.889. The Morgan fingerprint density at radius 3 is 2.09 bits per heavy atom. The molecule has 0 bridgehead atoms. The van der Waals surface area contributed by atoms with Crippen molar-refractivity contribution in [2.45, 2.75) is 45.6 Å². The molecule has 0 aromatic rings. The van der Waals surface area contributed by atoms with Crippen molar-refractivity contribution >= 4 is 17.2 Å². The van der Waals surface area contributed by atoms with Gasteiger partial charge in [-0.1, -0.05) is 26.1 Å². The molecule has 64 valence electrons. The number of hydrogen-bond donors (Lipinski definition) is 0. The first-order chi connectivity index (χ1) is 5.16. The maximum atomic E-state index is 5.18. The smallest absolute Gasteiger partial charge is 0.0752 e. The molecule has 1 nitrogen and oxygen atoms in total. The number of rotatable bonds is 2. The number of hydrogen-bond acceptors (Lipinski definition) is 1. The van der Waals surface area contributed by atoms with Gasteiger partial charge in [0.05, 0.1) is 4.99 Å². The lowest BCUT2D eigenvalue weighted by Crippen LogP contribution is -2.60. The van der Waals surface area contributed by atoms with Gasteiger partial charge in [-0.25, -0.2) is 0 Å². The SMILES string of the molecule is CCC1(CC)CCN1C(C)=S. The first-order valence-corrected chi connectivity index (χ1v) is 4.85. The Morgan fingerprint density at radius 2 is 2.00 bits per heavy atom. The van der Waals surface area contributed by atoms with Crippen molar-refractivity contribution in [3.05, 3.63) is 0 Å². The molecule has 0 amide bonds. The second-order valence-corrected chi connectivity index (χ2v) is 3.94. The van der Waals surface area contributed by atoms with Gasteiger partial charge in [0, 0.05) is 12.1 Å². The highest BCUT2D eigenvalue weighted by molar-refractivity contribution is 7.80. The van der Waals surface area contributed by atoms with E-state index < -0.39 is 0 Å². The van der Waals surface area contributed by atoms with Crippen LogP contribution in [-0.2, 0) is 0 Å². The third kappa shape index (κ3) is 1.28. The minimum Gasteiger partial charge on any atom is -0.361 e. The van der Waals surface area contributed by atoms with Gasteiger partial charge in [-0.05, 0) is 26.2 Å². The summed E-state index contributed by atoms with van der Waals surface area (Å²) in [5.74, 6) is 0. The van der Waals surface area contributed by atoms with E-state index in [1.165, 1.54) is 25.8 Å². The average Bonchev–Trinajstić information content (AvgIpc) is 1.87. The minimum atomic E-state index is 0.436. The van der Waals surface area contributed by atoms with Crippen molar-refractivity contribution in [1.82, 2.24) is 4.90 Å². The van der Waals surface area contributed by atoms with E-state index in [4.69, 9.17) is 12.2 Å². The summed E-state index contributed by atoms with van der Waals surface area (Å²) in [6.07, 6.45) is 3.79. The zero-order chi connectivity index (χ0) is 8.48. The van der Waals surface area contributed by atoms with Crippen LogP contribution < -0.4 is 0 Å². The first-order valence-electron chi connectivity index (χ1n) is 4.44. The van der Waals surface area contributed by atoms with E-state index in [0.29, 0.717) is 5.54 Å². The minimum absolute atomic E-state index is 0.436. The Labute approximate surface area is 74.8 Å². The molecule has 0 N–H and O–H groups in total. The van der Waals surface area contributed by atoms with Gasteiger partial charge in [0.2, 0.25) is 0 Å². The lowest BCUT2D eigenvalue weighted by Gasteiger charge is -2.53. The highest BCUT2D eigenvalue weighted by Crippen LogP contribution is 2.36. The Hall–Kier alpha value is -0.110. The maximum Gasteiger partial charge on any atom is 0.0752 e. The summed E-state index contributed by atoms with van der Waals surface area (Å²) in [4.78, 5) is 3.45. The molecule has 1 rings (SSSR count). The van der Waals surface area contributed by atoms with Gasteiger partial charge >= 0.3 is 0 Å². The van der Waals surface area contributed by atoms with Gasteiger partial charge < -0.3 is 4.90 Å². The number of thiocarbonyl (C=S) groups is 1. The Bertz CT molecular complexity index is 155. The van der Waals surface area contributed by atoms with E-state index in [-0.39, 0.29) is 0 Å². The van der Waals surface area contributed by atoms with Gasteiger partial charge in [-0.3, -0.25) is 0 Å². The summed E-state index contributed by atoms with van der Waals surface area (Å²) in [5, 5.41) is 0. The molecule has 1 aliphatic rings. The predicted octanol–water partition coefficient (Wildman–Crippen LogP) is 2.60. The largest absolute Gasteiger partial charge is 0.361 e. The standard InChI is InChI=1S/C9H17NS/c1-4-9(5-2)6-7-10(9)8(3)11/h4-7H2,1-3H3. The van der Waals surface area contributed by atoms with E-state index in [1.54, 1.807) is 0 Å². The maximum absolute atomic E-state index is 5.18. The van der Waals surface area contributed by atoms with Crippen LogP contribution in [0.5, 0.6) is 0 Å². The van der Waals surface area contributed by atoms with Crippen LogP contribution in [0, 0.1) is 0 Å². The van der Waals surface area contributed by atoms with Crippen LogP contribution in [0.15, 0.2) is 0 Å². The average molecular weight is 171 g/mol. The number of nitrogens with zero attached hydrogens (tertiary/aromatic N) is 1. The van der Waals surface area contributed by atoms with Gasteiger partial charge in [-0.15, -0.1) is 0 Å². The summed E-state index contributed by atoms with van der Waals surface area (Å²) in [6, 6.07) is 0. The summed E-state index contributed by atoms with van der Waals surface area (Å²) in [6.45, 7) is 7.73. The normalized spacial score (nSPS) is 21.2. The predicted molar refractivity (Wildman–Crippen MR) is 52.9 cm³/mol. The van der Waals surface area contributed by atoms with Crippen molar-refractivity contribution in [1.29, 1.82) is 0 Å². The van der Waals surface area contributed by atoms with Crippen LogP contribution >= 0.6 is 12.2 Å². The Kier molecular flexibility index (Phi) is 2.53. The second-order valence-electron chi connectivity index (χ2n) is 3.35. The lowest BCUT2D eigenvalue weighted by atomic mass is 9.80. The highest BCUT2D eigenvalue weighted by Gasteiger charge is 2.41. The van der Waals surface area contributed by atoms with Crippen molar-refractivity contribution in [2.24, 2.45) is 0 Å². The van der Waals surface area contributed by atoms with Gasteiger partial charge in [0.25, 0.3) is 0 Å². The molecule has 0 aliphatic carbocycles. The van der Waals surface area contributed by atoms with Gasteiger partial charge in [-0.2, -0.15) is 0 Å². The van der Waals surface area contributed by atoms with Crippen molar-refractivity contribution in [2.75, 3.05) is 6.54 Å². The monoisotopic (exact) mass is 171 g/mol. The molecule has 0 atom stereocenters.